The van der Waals surface area contributed by atoms with Gasteiger partial charge in [0.05, 0.1) is 5.56 Å². The topological polar surface area (TPSA) is 82.2 Å². The number of hydrogen-bond donors (Lipinski definition) is 3. The maximum absolute atomic E-state index is 12.4. The van der Waals surface area contributed by atoms with E-state index < -0.39 is 17.9 Å². The van der Waals surface area contributed by atoms with Crippen molar-refractivity contribution in [2.75, 3.05) is 0 Å². The number of carbonyl (C=O) groups is 2. The van der Waals surface area contributed by atoms with Crippen molar-refractivity contribution in [3.05, 3.63) is 71.9 Å². The third-order valence-electron chi connectivity index (χ3n) is 3.72. The average molecular weight is 308 g/mol. The van der Waals surface area contributed by atoms with Crippen molar-refractivity contribution in [2.45, 2.75) is 12.5 Å². The summed E-state index contributed by atoms with van der Waals surface area (Å²) >= 11 is 0. The zero-order valence-electron chi connectivity index (χ0n) is 12.3. The highest BCUT2D eigenvalue weighted by Crippen LogP contribution is 2.17. The first kappa shape index (κ1) is 14.8. The molecule has 0 bridgehead atoms. The van der Waals surface area contributed by atoms with E-state index in [9.17, 15) is 14.7 Å². The van der Waals surface area contributed by atoms with Gasteiger partial charge in [0.25, 0.3) is 5.91 Å². The lowest BCUT2D eigenvalue weighted by Crippen LogP contribution is -2.42. The summed E-state index contributed by atoms with van der Waals surface area (Å²) in [4.78, 5) is 26.9. The molecule has 1 aromatic heterocycles. The molecule has 3 N–H and O–H groups in total. The molecule has 3 rings (SSSR count). The number of aromatic nitrogens is 1. The van der Waals surface area contributed by atoms with Gasteiger partial charge < -0.3 is 15.4 Å². The van der Waals surface area contributed by atoms with Gasteiger partial charge in [-0.05, 0) is 11.6 Å². The van der Waals surface area contributed by atoms with Crippen LogP contribution >= 0.6 is 0 Å². The Hall–Kier alpha value is -3.08. The molecule has 116 valence electrons. The standard InChI is InChI=1S/C18H16N2O3/c21-17(14-11-19-15-9-5-4-8-13(14)15)20-16(18(22)23)10-12-6-2-1-3-7-12/h1-9,11,16,19H,10H2,(H,20,21)(H,22,23)/t16-/m1/s1. The van der Waals surface area contributed by atoms with Gasteiger partial charge in [-0.1, -0.05) is 48.5 Å². The molecule has 0 unspecified atom stereocenters. The third kappa shape index (κ3) is 3.23. The maximum atomic E-state index is 12.4. The molecule has 1 atom stereocenters. The zero-order valence-corrected chi connectivity index (χ0v) is 12.3. The summed E-state index contributed by atoms with van der Waals surface area (Å²) in [5, 5.41) is 12.7. The lowest BCUT2D eigenvalue weighted by atomic mass is 10.1. The molecule has 1 amide bonds. The second kappa shape index (κ2) is 6.36. The van der Waals surface area contributed by atoms with Crippen LogP contribution in [-0.4, -0.2) is 28.0 Å². The average Bonchev–Trinajstić information content (AvgIpc) is 2.99. The Morgan fingerprint density at radius 2 is 1.74 bits per heavy atom. The third-order valence-corrected chi connectivity index (χ3v) is 3.72. The molecule has 23 heavy (non-hydrogen) atoms. The van der Waals surface area contributed by atoms with Crippen LogP contribution in [0.25, 0.3) is 10.9 Å². The number of amides is 1. The zero-order chi connectivity index (χ0) is 16.2. The quantitative estimate of drug-likeness (QED) is 0.677. The Kier molecular flexibility index (Phi) is 4.10. The molecule has 0 aliphatic carbocycles. The number of H-pyrrole nitrogens is 1. The molecule has 0 spiro atoms. The van der Waals surface area contributed by atoms with Crippen LogP contribution in [0.1, 0.15) is 15.9 Å². The van der Waals surface area contributed by atoms with Gasteiger partial charge in [0.1, 0.15) is 6.04 Å². The number of hydrogen-bond acceptors (Lipinski definition) is 2. The predicted octanol–water partition coefficient (Wildman–Crippen LogP) is 2.59. The van der Waals surface area contributed by atoms with Crippen molar-refractivity contribution in [3.63, 3.8) is 0 Å². The molecule has 1 heterocycles. The molecule has 5 heteroatoms. The number of carboxylic acids is 1. The number of rotatable bonds is 5. The Labute approximate surface area is 133 Å². The molecule has 3 aromatic rings. The summed E-state index contributed by atoms with van der Waals surface area (Å²) in [6, 6.07) is 15.7. The molecule has 0 aliphatic heterocycles. The first-order valence-corrected chi connectivity index (χ1v) is 7.29. The largest absolute Gasteiger partial charge is 0.480 e. The van der Waals surface area contributed by atoms with E-state index in [2.05, 4.69) is 10.3 Å². The molecule has 0 aliphatic rings. The number of carbonyl (C=O) groups excluding carboxylic acids is 1. The number of carboxylic acid groups (broad SMARTS) is 1. The van der Waals surface area contributed by atoms with Crippen LogP contribution in [0.2, 0.25) is 0 Å². The number of aliphatic carboxylic acids is 1. The summed E-state index contributed by atoms with van der Waals surface area (Å²) in [5.41, 5.74) is 2.15. The SMILES string of the molecule is O=C(N[C@H](Cc1ccccc1)C(=O)O)c1c[nH]c2ccccc12. The monoisotopic (exact) mass is 308 g/mol. The van der Waals surface area contributed by atoms with Crippen LogP contribution in [0.5, 0.6) is 0 Å². The van der Waals surface area contributed by atoms with Gasteiger partial charge in [-0.2, -0.15) is 0 Å². The Morgan fingerprint density at radius 1 is 1.04 bits per heavy atom. The van der Waals surface area contributed by atoms with E-state index in [1.165, 1.54) is 0 Å². The minimum absolute atomic E-state index is 0.240. The van der Waals surface area contributed by atoms with Gasteiger partial charge in [-0.3, -0.25) is 4.79 Å². The van der Waals surface area contributed by atoms with Crippen molar-refractivity contribution >= 4 is 22.8 Å². The second-order valence-corrected chi connectivity index (χ2v) is 5.30. The first-order valence-electron chi connectivity index (χ1n) is 7.29. The Balaban J connectivity index is 1.80. The van der Waals surface area contributed by atoms with Gasteiger partial charge in [-0.15, -0.1) is 0 Å². The fraction of sp³-hybridized carbons (Fsp3) is 0.111. The van der Waals surface area contributed by atoms with Crippen molar-refractivity contribution in [2.24, 2.45) is 0 Å². The number of aromatic amines is 1. The van der Waals surface area contributed by atoms with Gasteiger partial charge in [0, 0.05) is 23.5 Å². The molecule has 0 radical (unpaired) electrons. The maximum Gasteiger partial charge on any atom is 0.326 e. The summed E-state index contributed by atoms with van der Waals surface area (Å²) in [6.45, 7) is 0. The summed E-state index contributed by atoms with van der Waals surface area (Å²) in [7, 11) is 0. The predicted molar refractivity (Wildman–Crippen MR) is 87.3 cm³/mol. The number of para-hydroxylation sites is 1. The lowest BCUT2D eigenvalue weighted by Gasteiger charge is -2.14. The minimum Gasteiger partial charge on any atom is -0.480 e. The van der Waals surface area contributed by atoms with E-state index in [4.69, 9.17) is 0 Å². The van der Waals surface area contributed by atoms with Crippen LogP contribution in [0.3, 0.4) is 0 Å². The van der Waals surface area contributed by atoms with Gasteiger partial charge in [0.2, 0.25) is 0 Å². The smallest absolute Gasteiger partial charge is 0.326 e. The van der Waals surface area contributed by atoms with E-state index in [0.717, 1.165) is 16.5 Å². The highest BCUT2D eigenvalue weighted by Gasteiger charge is 2.22. The van der Waals surface area contributed by atoms with E-state index in [1.54, 1.807) is 6.20 Å². The molecule has 2 aromatic carbocycles. The van der Waals surface area contributed by atoms with Gasteiger partial charge >= 0.3 is 5.97 Å². The number of benzene rings is 2. The summed E-state index contributed by atoms with van der Waals surface area (Å²) in [5.74, 6) is -1.45. The summed E-state index contributed by atoms with van der Waals surface area (Å²) < 4.78 is 0. The number of nitrogens with one attached hydrogen (secondary N) is 2. The second-order valence-electron chi connectivity index (χ2n) is 5.30. The normalized spacial score (nSPS) is 12.0. The van der Waals surface area contributed by atoms with E-state index in [0.29, 0.717) is 5.56 Å². The number of fused-ring (bicyclic) bond motifs is 1. The van der Waals surface area contributed by atoms with Crippen molar-refractivity contribution < 1.29 is 14.7 Å². The lowest BCUT2D eigenvalue weighted by molar-refractivity contribution is -0.139. The van der Waals surface area contributed by atoms with Crippen molar-refractivity contribution in [1.82, 2.24) is 10.3 Å². The van der Waals surface area contributed by atoms with Crippen LogP contribution < -0.4 is 5.32 Å². The van der Waals surface area contributed by atoms with Crippen LogP contribution in [0.15, 0.2) is 60.8 Å². The molecule has 0 saturated heterocycles. The van der Waals surface area contributed by atoms with E-state index >= 15 is 0 Å². The van der Waals surface area contributed by atoms with Gasteiger partial charge in [-0.25, -0.2) is 4.79 Å². The Morgan fingerprint density at radius 3 is 2.48 bits per heavy atom. The first-order chi connectivity index (χ1) is 11.1. The van der Waals surface area contributed by atoms with Crippen molar-refractivity contribution in [3.8, 4) is 0 Å². The van der Waals surface area contributed by atoms with E-state index in [1.807, 2.05) is 54.6 Å². The fourth-order valence-corrected chi connectivity index (χ4v) is 2.55. The molecular formula is C18H16N2O3. The molecular weight excluding hydrogens is 292 g/mol. The van der Waals surface area contributed by atoms with Crippen molar-refractivity contribution in [1.29, 1.82) is 0 Å². The van der Waals surface area contributed by atoms with Crippen LogP contribution in [0, 0.1) is 0 Å². The minimum atomic E-state index is -1.05. The Bertz CT molecular complexity index is 840. The molecule has 0 saturated carbocycles. The fourth-order valence-electron chi connectivity index (χ4n) is 2.55. The summed E-state index contributed by atoms with van der Waals surface area (Å²) in [6.07, 6.45) is 1.84. The van der Waals surface area contributed by atoms with Crippen LogP contribution in [-0.2, 0) is 11.2 Å². The van der Waals surface area contributed by atoms with Crippen LogP contribution in [0.4, 0.5) is 0 Å². The highest BCUT2D eigenvalue weighted by molar-refractivity contribution is 6.07. The molecule has 5 nitrogen and oxygen atoms in total. The highest BCUT2D eigenvalue weighted by atomic mass is 16.4. The van der Waals surface area contributed by atoms with E-state index in [-0.39, 0.29) is 6.42 Å². The molecule has 0 fully saturated rings. The van der Waals surface area contributed by atoms with Gasteiger partial charge in [0.15, 0.2) is 0 Å².